The van der Waals surface area contributed by atoms with Crippen LogP contribution in [0.4, 0.5) is 0 Å². The Kier molecular flexibility index (Phi) is 7.26. The van der Waals surface area contributed by atoms with Gasteiger partial charge in [0.1, 0.15) is 0 Å². The average molecular weight is 563 g/mol. The van der Waals surface area contributed by atoms with Crippen LogP contribution >= 0.6 is 0 Å². The monoisotopic (exact) mass is 562 g/mol. The molecule has 1 aromatic heterocycles. The van der Waals surface area contributed by atoms with Crippen LogP contribution in [0.15, 0.2) is 158 Å². The fourth-order valence-corrected chi connectivity index (χ4v) is 5.25. The van der Waals surface area contributed by atoms with E-state index in [4.69, 9.17) is 15.0 Å². The predicted octanol–water partition coefficient (Wildman–Crippen LogP) is 9.75. The van der Waals surface area contributed by atoms with Gasteiger partial charge in [-0.15, -0.1) is 0 Å². The second kappa shape index (κ2) is 12.0. The Morgan fingerprint density at radius 3 is 1.11 bits per heavy atom. The summed E-state index contributed by atoms with van der Waals surface area (Å²) in [6, 6.07) is 55.4. The molecule has 0 aliphatic heterocycles. The summed E-state index contributed by atoms with van der Waals surface area (Å²) in [4.78, 5) is 14.8. The lowest BCUT2D eigenvalue weighted by Gasteiger charge is -2.13. The maximum Gasteiger partial charge on any atom is 0.164 e. The van der Waals surface area contributed by atoms with Gasteiger partial charge in [0, 0.05) is 16.7 Å². The van der Waals surface area contributed by atoms with Crippen molar-refractivity contribution in [3.63, 3.8) is 0 Å². The number of hydrogen-bond acceptors (Lipinski definition) is 4. The molecule has 44 heavy (non-hydrogen) atoms. The van der Waals surface area contributed by atoms with E-state index in [0.717, 1.165) is 38.9 Å². The van der Waals surface area contributed by atoms with Crippen molar-refractivity contribution in [2.45, 2.75) is 0 Å². The Labute approximate surface area is 256 Å². The number of hydrogen-bond donors (Lipinski definition) is 0. The summed E-state index contributed by atoms with van der Waals surface area (Å²) < 4.78 is 0. The van der Waals surface area contributed by atoms with Crippen molar-refractivity contribution < 1.29 is 0 Å². The number of aromatic nitrogens is 3. The molecular formula is C40H26N4. The van der Waals surface area contributed by atoms with Gasteiger partial charge >= 0.3 is 0 Å². The lowest BCUT2D eigenvalue weighted by Crippen LogP contribution is -2.00. The SMILES string of the molecule is N#Cc1ccc(-c2nc(-c3ccccc3)nc(-c3cc(-c4ccccc4)cc(-c4ccc(-c5ccccc5)cc4)c3)n2)cc1. The van der Waals surface area contributed by atoms with E-state index in [1.807, 2.05) is 54.6 Å². The number of benzene rings is 6. The topological polar surface area (TPSA) is 62.5 Å². The first-order valence-electron chi connectivity index (χ1n) is 14.4. The first kappa shape index (κ1) is 26.7. The molecule has 0 saturated carbocycles. The first-order chi connectivity index (χ1) is 21.7. The molecule has 0 unspecified atom stereocenters. The summed E-state index contributed by atoms with van der Waals surface area (Å²) >= 11 is 0. The molecule has 0 N–H and O–H groups in total. The maximum atomic E-state index is 9.31. The molecule has 0 atom stereocenters. The molecule has 0 spiro atoms. The van der Waals surface area contributed by atoms with E-state index in [1.54, 1.807) is 12.1 Å². The molecular weight excluding hydrogens is 536 g/mol. The van der Waals surface area contributed by atoms with E-state index in [0.29, 0.717) is 23.0 Å². The third kappa shape index (κ3) is 5.63. The summed E-state index contributed by atoms with van der Waals surface area (Å²) in [5.74, 6) is 1.73. The summed E-state index contributed by atoms with van der Waals surface area (Å²) in [6.07, 6.45) is 0. The minimum absolute atomic E-state index is 0.553. The minimum atomic E-state index is 0.553. The van der Waals surface area contributed by atoms with Crippen LogP contribution in [0, 0.1) is 11.3 Å². The largest absolute Gasteiger partial charge is 0.208 e. The number of rotatable bonds is 6. The molecule has 0 saturated heterocycles. The van der Waals surface area contributed by atoms with Gasteiger partial charge in [0.05, 0.1) is 11.6 Å². The van der Waals surface area contributed by atoms with Gasteiger partial charge in [-0.25, -0.2) is 15.0 Å². The summed E-state index contributed by atoms with van der Waals surface area (Å²) in [5, 5.41) is 9.31. The van der Waals surface area contributed by atoms with Gasteiger partial charge in [-0.1, -0.05) is 115 Å². The lowest BCUT2D eigenvalue weighted by atomic mass is 9.94. The van der Waals surface area contributed by atoms with E-state index in [1.165, 1.54) is 11.1 Å². The van der Waals surface area contributed by atoms with Crippen LogP contribution in [0.1, 0.15) is 5.56 Å². The summed E-state index contributed by atoms with van der Waals surface area (Å²) in [5.41, 5.74) is 9.93. The molecule has 0 radical (unpaired) electrons. The number of nitriles is 1. The van der Waals surface area contributed by atoms with Crippen LogP contribution in [-0.2, 0) is 0 Å². The summed E-state index contributed by atoms with van der Waals surface area (Å²) in [7, 11) is 0. The molecule has 0 amide bonds. The molecule has 4 nitrogen and oxygen atoms in total. The quantitative estimate of drug-likeness (QED) is 0.202. The molecule has 0 aliphatic carbocycles. The van der Waals surface area contributed by atoms with Crippen LogP contribution in [0.25, 0.3) is 67.5 Å². The molecule has 0 fully saturated rings. The summed E-state index contributed by atoms with van der Waals surface area (Å²) in [6.45, 7) is 0. The van der Waals surface area contributed by atoms with Crippen LogP contribution in [0.2, 0.25) is 0 Å². The smallest absolute Gasteiger partial charge is 0.164 e. The highest BCUT2D eigenvalue weighted by Crippen LogP contribution is 2.34. The second-order valence-corrected chi connectivity index (χ2v) is 10.5. The normalized spacial score (nSPS) is 10.7. The van der Waals surface area contributed by atoms with Crippen molar-refractivity contribution in [3.8, 4) is 73.6 Å². The highest BCUT2D eigenvalue weighted by Gasteiger charge is 2.15. The molecule has 0 aliphatic rings. The van der Waals surface area contributed by atoms with Crippen molar-refractivity contribution in [3.05, 3.63) is 163 Å². The molecule has 206 valence electrons. The van der Waals surface area contributed by atoms with Gasteiger partial charge in [-0.3, -0.25) is 0 Å². The third-order valence-electron chi connectivity index (χ3n) is 7.56. The zero-order chi connectivity index (χ0) is 29.7. The van der Waals surface area contributed by atoms with Crippen LogP contribution in [0.3, 0.4) is 0 Å². The minimum Gasteiger partial charge on any atom is -0.208 e. The van der Waals surface area contributed by atoms with Crippen LogP contribution in [-0.4, -0.2) is 15.0 Å². The van der Waals surface area contributed by atoms with Gasteiger partial charge in [0.2, 0.25) is 0 Å². The van der Waals surface area contributed by atoms with E-state index in [-0.39, 0.29) is 0 Å². The molecule has 0 bridgehead atoms. The lowest BCUT2D eigenvalue weighted by molar-refractivity contribution is 1.07. The molecule has 4 heteroatoms. The van der Waals surface area contributed by atoms with Gasteiger partial charge in [-0.2, -0.15) is 5.26 Å². The zero-order valence-corrected chi connectivity index (χ0v) is 23.8. The standard InChI is InChI=1S/C40H26N4/c41-27-28-16-18-34(19-17-28)39-42-38(33-14-8-3-9-15-33)43-40(44-39)37-25-35(30-12-6-2-7-13-30)24-36(26-37)32-22-20-31(21-23-32)29-10-4-1-5-11-29/h1-26H. The predicted molar refractivity (Wildman–Crippen MR) is 177 cm³/mol. The van der Waals surface area contributed by atoms with E-state index in [9.17, 15) is 5.26 Å². The van der Waals surface area contributed by atoms with Crippen molar-refractivity contribution in [1.29, 1.82) is 5.26 Å². The van der Waals surface area contributed by atoms with Crippen molar-refractivity contribution >= 4 is 0 Å². The second-order valence-electron chi connectivity index (χ2n) is 10.5. The van der Waals surface area contributed by atoms with Gasteiger partial charge in [0.15, 0.2) is 17.5 Å². The zero-order valence-electron chi connectivity index (χ0n) is 23.8. The fourth-order valence-electron chi connectivity index (χ4n) is 5.25. The Balaban J connectivity index is 1.39. The van der Waals surface area contributed by atoms with Gasteiger partial charge in [-0.05, 0) is 75.8 Å². The Morgan fingerprint density at radius 2 is 0.636 bits per heavy atom. The average Bonchev–Trinajstić information content (AvgIpc) is 3.12. The Morgan fingerprint density at radius 1 is 0.318 bits per heavy atom. The Hall–Kier alpha value is -6.18. The van der Waals surface area contributed by atoms with Crippen molar-refractivity contribution in [2.24, 2.45) is 0 Å². The van der Waals surface area contributed by atoms with E-state index in [2.05, 4.69) is 97.1 Å². The maximum absolute atomic E-state index is 9.31. The van der Waals surface area contributed by atoms with Crippen LogP contribution < -0.4 is 0 Å². The van der Waals surface area contributed by atoms with Crippen LogP contribution in [0.5, 0.6) is 0 Å². The highest BCUT2D eigenvalue weighted by molar-refractivity contribution is 5.81. The van der Waals surface area contributed by atoms with E-state index >= 15 is 0 Å². The molecule has 7 rings (SSSR count). The fraction of sp³-hybridized carbons (Fsp3) is 0. The van der Waals surface area contributed by atoms with Gasteiger partial charge < -0.3 is 0 Å². The van der Waals surface area contributed by atoms with Crippen molar-refractivity contribution in [1.82, 2.24) is 15.0 Å². The van der Waals surface area contributed by atoms with Crippen molar-refractivity contribution in [2.75, 3.05) is 0 Å². The Bertz CT molecular complexity index is 2080. The third-order valence-corrected chi connectivity index (χ3v) is 7.56. The number of nitrogens with zero attached hydrogens (tertiary/aromatic N) is 4. The highest BCUT2D eigenvalue weighted by atomic mass is 15.0. The molecule has 7 aromatic rings. The van der Waals surface area contributed by atoms with Gasteiger partial charge in [0.25, 0.3) is 0 Å². The molecule has 6 aromatic carbocycles. The molecule has 1 heterocycles. The first-order valence-corrected chi connectivity index (χ1v) is 14.4. The van der Waals surface area contributed by atoms with E-state index < -0.39 is 0 Å².